The van der Waals surface area contributed by atoms with Crippen LogP contribution in [0.15, 0.2) is 0 Å². The number of hydrogen-bond donors (Lipinski definition) is 1. The zero-order chi connectivity index (χ0) is 10.6. The van der Waals surface area contributed by atoms with Crippen LogP contribution in [0, 0.1) is 11.3 Å². The first-order valence-electron chi connectivity index (χ1n) is 5.01. The predicted molar refractivity (Wildman–Crippen MR) is 55.5 cm³/mol. The first kappa shape index (κ1) is 11.5. The van der Waals surface area contributed by atoms with Gasteiger partial charge < -0.3 is 14.4 Å². The Hall–Kier alpha value is -0.610. The van der Waals surface area contributed by atoms with E-state index in [1.54, 1.807) is 14.2 Å². The number of hydrogen-bond acceptors (Lipinski definition) is 3. The van der Waals surface area contributed by atoms with E-state index < -0.39 is 0 Å². The third-order valence-corrected chi connectivity index (χ3v) is 2.59. The van der Waals surface area contributed by atoms with Crippen LogP contribution in [-0.2, 0) is 9.47 Å². The van der Waals surface area contributed by atoms with E-state index in [0.29, 0.717) is 12.4 Å². The second kappa shape index (κ2) is 5.32. The van der Waals surface area contributed by atoms with Crippen molar-refractivity contribution in [3.8, 4) is 0 Å². The van der Waals surface area contributed by atoms with E-state index >= 15 is 0 Å². The van der Waals surface area contributed by atoms with Gasteiger partial charge in [-0.05, 0) is 18.8 Å². The first-order chi connectivity index (χ1) is 6.67. The van der Waals surface area contributed by atoms with E-state index in [2.05, 4.69) is 0 Å². The first-order valence-corrected chi connectivity index (χ1v) is 5.01. The van der Waals surface area contributed by atoms with Crippen LogP contribution in [-0.4, -0.2) is 44.8 Å². The maximum Gasteiger partial charge on any atom is 0.174 e. The average molecular weight is 200 g/mol. The van der Waals surface area contributed by atoms with Crippen LogP contribution >= 0.6 is 0 Å². The van der Waals surface area contributed by atoms with Gasteiger partial charge in [0.25, 0.3) is 0 Å². The molecule has 4 heteroatoms. The van der Waals surface area contributed by atoms with E-state index in [1.807, 2.05) is 11.9 Å². The van der Waals surface area contributed by atoms with Crippen LogP contribution in [0.4, 0.5) is 0 Å². The fraction of sp³-hybridized carbons (Fsp3) is 0.900. The van der Waals surface area contributed by atoms with Crippen LogP contribution < -0.4 is 0 Å². The lowest BCUT2D eigenvalue weighted by Crippen LogP contribution is -2.35. The highest BCUT2D eigenvalue weighted by atomic mass is 16.7. The Bertz CT molecular complexity index is 189. The number of rotatable bonds is 6. The minimum absolute atomic E-state index is 0.237. The summed E-state index contributed by atoms with van der Waals surface area (Å²) < 4.78 is 10.2. The van der Waals surface area contributed by atoms with E-state index in [-0.39, 0.29) is 6.29 Å². The minimum atomic E-state index is -0.237. The number of amidine groups is 1. The second-order valence-electron chi connectivity index (χ2n) is 3.88. The summed E-state index contributed by atoms with van der Waals surface area (Å²) in [7, 11) is 5.15. The molecule has 0 bridgehead atoms. The Labute approximate surface area is 85.7 Å². The molecule has 1 rings (SSSR count). The zero-order valence-electron chi connectivity index (χ0n) is 9.25. The number of ether oxygens (including phenoxy) is 2. The molecule has 0 aliphatic heterocycles. The summed E-state index contributed by atoms with van der Waals surface area (Å²) >= 11 is 0. The van der Waals surface area contributed by atoms with Gasteiger partial charge in [-0.2, -0.15) is 0 Å². The van der Waals surface area contributed by atoms with Crippen molar-refractivity contribution in [3.63, 3.8) is 0 Å². The van der Waals surface area contributed by atoms with Crippen molar-refractivity contribution in [2.75, 3.05) is 27.8 Å². The van der Waals surface area contributed by atoms with E-state index in [9.17, 15) is 0 Å². The van der Waals surface area contributed by atoms with Gasteiger partial charge in [-0.15, -0.1) is 0 Å². The normalized spacial score (nSPS) is 16.0. The molecule has 14 heavy (non-hydrogen) atoms. The maximum absolute atomic E-state index is 7.82. The standard InChI is InChI=1S/C10H20N2O2/c1-12(7-10(13-2)14-3)9(11)6-8-4-5-8/h8,10-11H,4-7H2,1-3H3. The number of nitrogens with one attached hydrogen (secondary N) is 1. The Balaban J connectivity index is 2.23. The monoisotopic (exact) mass is 200 g/mol. The maximum atomic E-state index is 7.82. The molecule has 1 aliphatic carbocycles. The van der Waals surface area contributed by atoms with Crippen molar-refractivity contribution in [1.29, 1.82) is 5.41 Å². The molecule has 1 aliphatic rings. The van der Waals surface area contributed by atoms with Gasteiger partial charge in [-0.1, -0.05) is 0 Å². The fourth-order valence-corrected chi connectivity index (χ4v) is 1.33. The van der Waals surface area contributed by atoms with Crippen molar-refractivity contribution >= 4 is 5.84 Å². The summed E-state index contributed by atoms with van der Waals surface area (Å²) in [5.41, 5.74) is 0. The van der Waals surface area contributed by atoms with Gasteiger partial charge in [0.1, 0.15) is 0 Å². The molecule has 0 aromatic carbocycles. The lowest BCUT2D eigenvalue weighted by molar-refractivity contribution is -0.107. The smallest absolute Gasteiger partial charge is 0.174 e. The van der Waals surface area contributed by atoms with E-state index in [4.69, 9.17) is 14.9 Å². The van der Waals surface area contributed by atoms with Gasteiger partial charge in [0.2, 0.25) is 0 Å². The number of nitrogens with zero attached hydrogens (tertiary/aromatic N) is 1. The fourth-order valence-electron chi connectivity index (χ4n) is 1.33. The van der Waals surface area contributed by atoms with Gasteiger partial charge in [0, 0.05) is 27.7 Å². The van der Waals surface area contributed by atoms with E-state index in [1.165, 1.54) is 12.8 Å². The molecule has 0 amide bonds. The van der Waals surface area contributed by atoms with Crippen LogP contribution in [0.3, 0.4) is 0 Å². The second-order valence-corrected chi connectivity index (χ2v) is 3.88. The summed E-state index contributed by atoms with van der Waals surface area (Å²) in [6.07, 6.45) is 3.23. The molecule has 0 aromatic rings. The molecule has 0 radical (unpaired) electrons. The molecule has 0 spiro atoms. The topological polar surface area (TPSA) is 45.5 Å². The minimum Gasteiger partial charge on any atom is -0.359 e. The molecule has 4 nitrogen and oxygen atoms in total. The Morgan fingerprint density at radius 3 is 2.43 bits per heavy atom. The largest absolute Gasteiger partial charge is 0.359 e. The van der Waals surface area contributed by atoms with Gasteiger partial charge >= 0.3 is 0 Å². The van der Waals surface area contributed by atoms with Crippen molar-refractivity contribution in [3.05, 3.63) is 0 Å². The molecule has 0 unspecified atom stereocenters. The summed E-state index contributed by atoms with van der Waals surface area (Å²) in [4.78, 5) is 1.90. The molecule has 0 heterocycles. The van der Waals surface area contributed by atoms with Crippen LogP contribution in [0.5, 0.6) is 0 Å². The molecule has 1 N–H and O–H groups in total. The lowest BCUT2D eigenvalue weighted by atomic mass is 10.2. The van der Waals surface area contributed by atoms with Crippen LogP contribution in [0.2, 0.25) is 0 Å². The SMILES string of the molecule is COC(CN(C)C(=N)CC1CC1)OC. The van der Waals surface area contributed by atoms with Crippen LogP contribution in [0.25, 0.3) is 0 Å². The highest BCUT2D eigenvalue weighted by molar-refractivity contribution is 5.79. The third-order valence-electron chi connectivity index (χ3n) is 2.59. The molecule has 1 saturated carbocycles. The molecule has 0 aromatic heterocycles. The highest BCUT2D eigenvalue weighted by Crippen LogP contribution is 2.32. The molecule has 0 saturated heterocycles. The van der Waals surface area contributed by atoms with Gasteiger partial charge in [-0.25, -0.2) is 0 Å². The number of methoxy groups -OCH3 is 2. The highest BCUT2D eigenvalue weighted by Gasteiger charge is 2.24. The third kappa shape index (κ3) is 3.64. The molecular weight excluding hydrogens is 180 g/mol. The van der Waals surface area contributed by atoms with Gasteiger partial charge in [0.05, 0.1) is 12.4 Å². The average Bonchev–Trinajstić information content (AvgIpc) is 2.97. The Morgan fingerprint density at radius 2 is 2.00 bits per heavy atom. The number of likely N-dealkylation sites (N-methyl/N-ethyl adjacent to an activating group) is 1. The Kier molecular flexibility index (Phi) is 4.35. The van der Waals surface area contributed by atoms with Gasteiger partial charge in [-0.3, -0.25) is 5.41 Å². The quantitative estimate of drug-likeness (QED) is 0.399. The van der Waals surface area contributed by atoms with Crippen molar-refractivity contribution < 1.29 is 9.47 Å². The zero-order valence-corrected chi connectivity index (χ0v) is 9.25. The summed E-state index contributed by atoms with van der Waals surface area (Å²) in [5, 5.41) is 7.82. The molecule has 0 atom stereocenters. The molecule has 1 fully saturated rings. The predicted octanol–water partition coefficient (Wildman–Crippen LogP) is 1.31. The van der Waals surface area contributed by atoms with Crippen molar-refractivity contribution in [1.82, 2.24) is 4.90 Å². The lowest BCUT2D eigenvalue weighted by Gasteiger charge is -2.24. The Morgan fingerprint density at radius 1 is 1.43 bits per heavy atom. The summed E-state index contributed by atoms with van der Waals surface area (Å²) in [6, 6.07) is 0. The van der Waals surface area contributed by atoms with E-state index in [0.717, 1.165) is 12.3 Å². The van der Waals surface area contributed by atoms with Crippen molar-refractivity contribution in [2.45, 2.75) is 25.6 Å². The summed E-state index contributed by atoms with van der Waals surface area (Å²) in [6.45, 7) is 0.624. The molecular formula is C10H20N2O2. The van der Waals surface area contributed by atoms with Crippen LogP contribution in [0.1, 0.15) is 19.3 Å². The summed E-state index contributed by atoms with van der Waals surface area (Å²) in [5.74, 6) is 1.44. The van der Waals surface area contributed by atoms with Crippen molar-refractivity contribution in [2.24, 2.45) is 5.92 Å². The molecule has 82 valence electrons. The van der Waals surface area contributed by atoms with Gasteiger partial charge in [0.15, 0.2) is 6.29 Å².